The van der Waals surface area contributed by atoms with E-state index >= 15 is 0 Å². The lowest BCUT2D eigenvalue weighted by Gasteiger charge is -2.16. The van der Waals surface area contributed by atoms with Gasteiger partial charge in [-0.25, -0.2) is 0 Å². The molecule has 1 fully saturated rings. The lowest BCUT2D eigenvalue weighted by molar-refractivity contribution is 0.138. The van der Waals surface area contributed by atoms with Gasteiger partial charge in [-0.15, -0.1) is 0 Å². The summed E-state index contributed by atoms with van der Waals surface area (Å²) in [4.78, 5) is 0. The van der Waals surface area contributed by atoms with Crippen molar-refractivity contribution < 1.29 is 18.9 Å². The average Bonchev–Trinajstić information content (AvgIpc) is 3.08. The highest BCUT2D eigenvalue weighted by Crippen LogP contribution is 2.34. The van der Waals surface area contributed by atoms with Gasteiger partial charge < -0.3 is 18.9 Å². The quantitative estimate of drug-likeness (QED) is 0.737. The standard InChI is InChI=1S/C18H18Cl2O4/c1-21-17-6-5-12(9-18(17)24-13-7-8-22-10-13)23-11-14-15(19)3-2-4-16(14)20/h2-6,9,13H,7-8,10-11H2,1H3. The monoisotopic (exact) mass is 368 g/mol. The molecular weight excluding hydrogens is 351 g/mol. The summed E-state index contributed by atoms with van der Waals surface area (Å²) in [6.45, 7) is 1.58. The van der Waals surface area contributed by atoms with Gasteiger partial charge in [0.05, 0.1) is 20.3 Å². The van der Waals surface area contributed by atoms with Gasteiger partial charge in [-0.3, -0.25) is 0 Å². The van der Waals surface area contributed by atoms with Crippen molar-refractivity contribution in [2.75, 3.05) is 20.3 Å². The predicted molar refractivity (Wildman–Crippen MR) is 93.6 cm³/mol. The maximum Gasteiger partial charge on any atom is 0.165 e. The minimum atomic E-state index is 0.0344. The highest BCUT2D eigenvalue weighted by molar-refractivity contribution is 6.35. The zero-order valence-corrected chi connectivity index (χ0v) is 14.8. The van der Waals surface area contributed by atoms with Crippen LogP contribution in [0.2, 0.25) is 10.0 Å². The van der Waals surface area contributed by atoms with Crippen LogP contribution in [0.25, 0.3) is 0 Å². The molecule has 1 atom stereocenters. The van der Waals surface area contributed by atoms with Crippen molar-refractivity contribution in [2.45, 2.75) is 19.1 Å². The first-order chi connectivity index (χ1) is 11.7. The van der Waals surface area contributed by atoms with Gasteiger partial charge in [-0.2, -0.15) is 0 Å². The molecule has 1 aliphatic rings. The van der Waals surface area contributed by atoms with E-state index < -0.39 is 0 Å². The summed E-state index contributed by atoms with van der Waals surface area (Å²) >= 11 is 12.3. The molecule has 4 nitrogen and oxygen atoms in total. The summed E-state index contributed by atoms with van der Waals surface area (Å²) in [5, 5.41) is 1.16. The van der Waals surface area contributed by atoms with Crippen LogP contribution in [0.15, 0.2) is 36.4 Å². The maximum absolute atomic E-state index is 6.17. The molecule has 128 valence electrons. The Bertz CT molecular complexity index is 679. The molecule has 0 aromatic heterocycles. The van der Waals surface area contributed by atoms with E-state index in [-0.39, 0.29) is 12.7 Å². The first-order valence-electron chi connectivity index (χ1n) is 7.65. The Hall–Kier alpha value is -1.62. The van der Waals surface area contributed by atoms with Crippen molar-refractivity contribution in [2.24, 2.45) is 0 Å². The summed E-state index contributed by atoms with van der Waals surface area (Å²) in [6, 6.07) is 10.8. The minimum Gasteiger partial charge on any atom is -0.493 e. The molecule has 0 spiro atoms. The third-order valence-corrected chi connectivity index (χ3v) is 4.47. The van der Waals surface area contributed by atoms with E-state index in [0.717, 1.165) is 12.0 Å². The van der Waals surface area contributed by atoms with Crippen LogP contribution in [0.1, 0.15) is 12.0 Å². The first kappa shape index (κ1) is 17.2. The van der Waals surface area contributed by atoms with Gasteiger partial charge in [0.2, 0.25) is 0 Å². The second-order valence-electron chi connectivity index (χ2n) is 5.41. The normalized spacial score (nSPS) is 16.9. The molecule has 0 aliphatic carbocycles. The van der Waals surface area contributed by atoms with E-state index in [1.807, 2.05) is 18.2 Å². The van der Waals surface area contributed by atoms with Crippen LogP contribution < -0.4 is 14.2 Å². The Morgan fingerprint density at radius 1 is 1.12 bits per heavy atom. The Balaban J connectivity index is 1.73. The van der Waals surface area contributed by atoms with E-state index in [4.69, 9.17) is 42.1 Å². The third kappa shape index (κ3) is 4.07. The molecule has 0 bridgehead atoms. The molecule has 1 heterocycles. The number of halogens is 2. The van der Waals surface area contributed by atoms with Crippen LogP contribution in [0.3, 0.4) is 0 Å². The smallest absolute Gasteiger partial charge is 0.165 e. The molecule has 1 saturated heterocycles. The summed E-state index contributed by atoms with van der Waals surface area (Å²) in [5.74, 6) is 1.95. The number of benzene rings is 2. The SMILES string of the molecule is COc1ccc(OCc2c(Cl)cccc2Cl)cc1OC1CCOC1. The van der Waals surface area contributed by atoms with Gasteiger partial charge >= 0.3 is 0 Å². The number of ether oxygens (including phenoxy) is 4. The number of rotatable bonds is 6. The van der Waals surface area contributed by atoms with E-state index in [9.17, 15) is 0 Å². The predicted octanol–water partition coefficient (Wildman–Crippen LogP) is 4.75. The molecule has 2 aromatic carbocycles. The van der Waals surface area contributed by atoms with Crippen LogP contribution in [0.4, 0.5) is 0 Å². The Labute approximate surface area is 151 Å². The average molecular weight is 369 g/mol. The van der Waals surface area contributed by atoms with Gasteiger partial charge in [0.25, 0.3) is 0 Å². The van der Waals surface area contributed by atoms with Crippen LogP contribution >= 0.6 is 23.2 Å². The zero-order chi connectivity index (χ0) is 16.9. The van der Waals surface area contributed by atoms with Crippen LogP contribution in [0.5, 0.6) is 17.2 Å². The molecule has 24 heavy (non-hydrogen) atoms. The first-order valence-corrected chi connectivity index (χ1v) is 8.41. The van der Waals surface area contributed by atoms with Gasteiger partial charge in [0.1, 0.15) is 18.5 Å². The third-order valence-electron chi connectivity index (χ3n) is 3.76. The van der Waals surface area contributed by atoms with Crippen molar-refractivity contribution in [1.82, 2.24) is 0 Å². The topological polar surface area (TPSA) is 36.9 Å². The lowest BCUT2D eigenvalue weighted by atomic mass is 10.2. The highest BCUT2D eigenvalue weighted by Gasteiger charge is 2.19. The lowest BCUT2D eigenvalue weighted by Crippen LogP contribution is -2.16. The van der Waals surface area contributed by atoms with Crippen LogP contribution in [-0.2, 0) is 11.3 Å². The molecule has 3 rings (SSSR count). The molecule has 0 N–H and O–H groups in total. The Morgan fingerprint density at radius 2 is 1.92 bits per heavy atom. The highest BCUT2D eigenvalue weighted by atomic mass is 35.5. The molecule has 0 saturated carbocycles. The Kier molecular flexibility index (Phi) is 5.72. The number of hydrogen-bond acceptors (Lipinski definition) is 4. The molecule has 2 aromatic rings. The van der Waals surface area contributed by atoms with E-state index in [1.165, 1.54) is 0 Å². The van der Waals surface area contributed by atoms with Gasteiger partial charge in [-0.1, -0.05) is 29.3 Å². The molecule has 1 aliphatic heterocycles. The second kappa shape index (κ2) is 7.97. The van der Waals surface area contributed by atoms with Crippen molar-refractivity contribution >= 4 is 23.2 Å². The maximum atomic E-state index is 6.17. The molecule has 1 unspecified atom stereocenters. The van der Waals surface area contributed by atoms with Gasteiger partial charge in [-0.05, 0) is 24.3 Å². The zero-order valence-electron chi connectivity index (χ0n) is 13.3. The summed E-state index contributed by atoms with van der Waals surface area (Å²) in [7, 11) is 1.61. The molecule has 6 heteroatoms. The summed E-state index contributed by atoms with van der Waals surface area (Å²) in [6.07, 6.45) is 0.899. The number of hydrogen-bond donors (Lipinski definition) is 0. The van der Waals surface area contributed by atoms with Crippen LogP contribution in [0, 0.1) is 0 Å². The minimum absolute atomic E-state index is 0.0344. The largest absolute Gasteiger partial charge is 0.493 e. The Morgan fingerprint density at radius 3 is 2.58 bits per heavy atom. The summed E-state index contributed by atoms with van der Waals surface area (Å²) in [5.41, 5.74) is 0.753. The van der Waals surface area contributed by atoms with Crippen molar-refractivity contribution in [3.63, 3.8) is 0 Å². The fourth-order valence-electron chi connectivity index (χ4n) is 2.45. The number of methoxy groups -OCH3 is 1. The molecular formula is C18H18Cl2O4. The van der Waals surface area contributed by atoms with Crippen molar-refractivity contribution in [3.8, 4) is 17.2 Å². The van der Waals surface area contributed by atoms with Gasteiger partial charge in [0.15, 0.2) is 11.5 Å². The van der Waals surface area contributed by atoms with Crippen LogP contribution in [-0.4, -0.2) is 26.4 Å². The molecule has 0 amide bonds. The van der Waals surface area contributed by atoms with E-state index in [0.29, 0.717) is 40.5 Å². The van der Waals surface area contributed by atoms with Crippen molar-refractivity contribution in [1.29, 1.82) is 0 Å². The van der Waals surface area contributed by atoms with Gasteiger partial charge in [0, 0.05) is 28.1 Å². The molecule has 0 radical (unpaired) electrons. The second-order valence-corrected chi connectivity index (χ2v) is 6.22. The van der Waals surface area contributed by atoms with Crippen molar-refractivity contribution in [3.05, 3.63) is 52.0 Å². The summed E-state index contributed by atoms with van der Waals surface area (Å²) < 4.78 is 22.5. The fourth-order valence-corrected chi connectivity index (χ4v) is 2.96. The van der Waals surface area contributed by atoms with E-state index in [2.05, 4.69) is 0 Å². The fraction of sp³-hybridized carbons (Fsp3) is 0.333. The van der Waals surface area contributed by atoms with E-state index in [1.54, 1.807) is 25.3 Å².